The normalized spacial score (nSPS) is 17.4. The topological polar surface area (TPSA) is 108 Å². The molecule has 1 atom stereocenters. The molecule has 2 aliphatic rings. The van der Waals surface area contributed by atoms with Crippen LogP contribution >= 0.6 is 0 Å². The Labute approximate surface area is 190 Å². The first-order valence-electron chi connectivity index (χ1n) is 10.8. The van der Waals surface area contributed by atoms with Gasteiger partial charge < -0.3 is 15.0 Å². The molecule has 3 aromatic heterocycles. The van der Waals surface area contributed by atoms with Crippen molar-refractivity contribution < 1.29 is 4.74 Å². The van der Waals surface area contributed by atoms with Crippen molar-refractivity contribution in [1.29, 1.82) is 5.26 Å². The van der Waals surface area contributed by atoms with Gasteiger partial charge in [-0.25, -0.2) is 9.67 Å². The van der Waals surface area contributed by atoms with Gasteiger partial charge in [0.1, 0.15) is 23.2 Å². The van der Waals surface area contributed by atoms with Crippen molar-refractivity contribution >= 4 is 0 Å². The Morgan fingerprint density at radius 3 is 2.61 bits per heavy atom. The molecule has 2 N–H and O–H groups in total. The van der Waals surface area contributed by atoms with Gasteiger partial charge >= 0.3 is 0 Å². The van der Waals surface area contributed by atoms with Gasteiger partial charge in [0.05, 0.1) is 17.2 Å². The van der Waals surface area contributed by atoms with E-state index < -0.39 is 5.92 Å². The lowest BCUT2D eigenvalue weighted by Crippen LogP contribution is -2.22. The molecule has 8 heteroatoms. The number of nitrogens with two attached hydrogens (primary N) is 1. The second-order valence-corrected chi connectivity index (χ2v) is 8.35. The van der Waals surface area contributed by atoms with Crippen LogP contribution in [-0.2, 0) is 7.05 Å². The van der Waals surface area contributed by atoms with Crippen LogP contribution in [0.2, 0.25) is 0 Å². The molecule has 1 aliphatic heterocycles. The van der Waals surface area contributed by atoms with Gasteiger partial charge in [-0.15, -0.1) is 0 Å². The van der Waals surface area contributed by atoms with Crippen LogP contribution < -0.4 is 10.5 Å². The largest absolute Gasteiger partial charge is 0.422 e. The zero-order valence-electron chi connectivity index (χ0n) is 18.0. The lowest BCUT2D eigenvalue weighted by Gasteiger charge is -2.25. The molecule has 4 heterocycles. The summed E-state index contributed by atoms with van der Waals surface area (Å²) in [5.41, 5.74) is 10.7. The summed E-state index contributed by atoms with van der Waals surface area (Å²) in [6.07, 6.45) is 7.94. The summed E-state index contributed by atoms with van der Waals surface area (Å²) in [4.78, 5) is 9.02. The fraction of sp³-hybridized carbons (Fsp3) is 0.200. The molecule has 0 spiro atoms. The van der Waals surface area contributed by atoms with Gasteiger partial charge in [-0.2, -0.15) is 10.4 Å². The SMILES string of the molecule is Cn1nc(-c2ccccn2)c2c1OC(N)=C(C#N)C2c1ccc(-n2ccnc2C2CC2)cc1. The lowest BCUT2D eigenvalue weighted by molar-refractivity contribution is 0.358. The maximum absolute atomic E-state index is 9.97. The third kappa shape index (κ3) is 3.09. The minimum atomic E-state index is -0.413. The maximum atomic E-state index is 9.97. The smallest absolute Gasteiger partial charge is 0.224 e. The fourth-order valence-corrected chi connectivity index (χ4v) is 4.50. The first kappa shape index (κ1) is 19.3. The van der Waals surface area contributed by atoms with E-state index in [1.165, 1.54) is 12.8 Å². The standard InChI is InChI=1S/C25H21N7O/c1-31-25-21(22(30-31)19-4-2-3-11-28-19)20(18(14-26)23(27)33-25)15-7-9-17(10-8-15)32-13-12-29-24(32)16-5-6-16/h2-4,7-13,16,20H,5-6,27H2,1H3. The molecule has 1 saturated carbocycles. The second-order valence-electron chi connectivity index (χ2n) is 8.35. The van der Waals surface area contributed by atoms with E-state index in [2.05, 4.69) is 37.8 Å². The molecular weight excluding hydrogens is 414 g/mol. The van der Waals surface area contributed by atoms with Crippen LogP contribution in [0.15, 0.2) is 72.5 Å². The second kappa shape index (κ2) is 7.35. The van der Waals surface area contributed by atoms with Gasteiger partial charge in [0.15, 0.2) is 0 Å². The van der Waals surface area contributed by atoms with Crippen molar-refractivity contribution in [2.45, 2.75) is 24.7 Å². The first-order valence-corrected chi connectivity index (χ1v) is 10.8. The van der Waals surface area contributed by atoms with Crippen LogP contribution in [0.3, 0.4) is 0 Å². The van der Waals surface area contributed by atoms with E-state index in [1.54, 1.807) is 17.9 Å². The first-order chi connectivity index (χ1) is 16.2. The summed E-state index contributed by atoms with van der Waals surface area (Å²) < 4.78 is 9.63. The average molecular weight is 435 g/mol. The number of imidazole rings is 1. The Balaban J connectivity index is 1.48. The van der Waals surface area contributed by atoms with Gasteiger partial charge in [0.25, 0.3) is 0 Å². The van der Waals surface area contributed by atoms with E-state index in [-0.39, 0.29) is 5.88 Å². The highest BCUT2D eigenvalue weighted by Gasteiger charge is 2.37. The molecule has 1 fully saturated rings. The molecule has 33 heavy (non-hydrogen) atoms. The van der Waals surface area contributed by atoms with E-state index in [1.807, 2.05) is 42.7 Å². The van der Waals surface area contributed by atoms with Gasteiger partial charge in [-0.1, -0.05) is 18.2 Å². The van der Waals surface area contributed by atoms with Gasteiger partial charge in [-0.3, -0.25) is 4.98 Å². The summed E-state index contributed by atoms with van der Waals surface area (Å²) in [6, 6.07) is 16.1. The highest BCUT2D eigenvalue weighted by molar-refractivity contribution is 5.69. The predicted molar refractivity (Wildman–Crippen MR) is 121 cm³/mol. The fourth-order valence-electron chi connectivity index (χ4n) is 4.50. The third-order valence-electron chi connectivity index (χ3n) is 6.22. The van der Waals surface area contributed by atoms with Crippen molar-refractivity contribution in [3.8, 4) is 29.0 Å². The number of aryl methyl sites for hydroxylation is 1. The molecule has 8 nitrogen and oxygen atoms in total. The maximum Gasteiger partial charge on any atom is 0.224 e. The van der Waals surface area contributed by atoms with E-state index in [9.17, 15) is 5.26 Å². The Morgan fingerprint density at radius 2 is 1.91 bits per heavy atom. The molecule has 1 aromatic carbocycles. The molecule has 1 unspecified atom stereocenters. The summed E-state index contributed by atoms with van der Waals surface area (Å²) in [6.45, 7) is 0. The van der Waals surface area contributed by atoms with E-state index in [4.69, 9.17) is 10.5 Å². The number of benzene rings is 1. The highest BCUT2D eigenvalue weighted by atomic mass is 16.5. The summed E-state index contributed by atoms with van der Waals surface area (Å²) in [5, 5.41) is 14.6. The number of allylic oxidation sites excluding steroid dienone is 1. The number of ether oxygens (including phenoxy) is 1. The van der Waals surface area contributed by atoms with Crippen LogP contribution in [-0.4, -0.2) is 24.3 Å². The number of aromatic nitrogens is 5. The average Bonchev–Trinajstić information content (AvgIpc) is 3.49. The van der Waals surface area contributed by atoms with Crippen LogP contribution in [0, 0.1) is 11.3 Å². The number of nitriles is 1. The van der Waals surface area contributed by atoms with Crippen LogP contribution in [0.5, 0.6) is 5.88 Å². The zero-order valence-corrected chi connectivity index (χ0v) is 18.0. The van der Waals surface area contributed by atoms with Gasteiger partial charge in [0.2, 0.25) is 11.8 Å². The van der Waals surface area contributed by atoms with Crippen molar-refractivity contribution in [2.24, 2.45) is 12.8 Å². The number of rotatable bonds is 4. The Kier molecular flexibility index (Phi) is 4.30. The monoisotopic (exact) mass is 435 g/mol. The minimum Gasteiger partial charge on any atom is -0.422 e. The molecule has 4 aromatic rings. The van der Waals surface area contributed by atoms with Gasteiger partial charge in [0, 0.05) is 37.2 Å². The molecule has 162 valence electrons. The summed E-state index contributed by atoms with van der Waals surface area (Å²) in [5.74, 6) is 1.85. The summed E-state index contributed by atoms with van der Waals surface area (Å²) >= 11 is 0. The number of hydrogen-bond acceptors (Lipinski definition) is 6. The molecule has 0 amide bonds. The number of pyridine rings is 1. The van der Waals surface area contributed by atoms with Crippen molar-refractivity contribution in [1.82, 2.24) is 24.3 Å². The zero-order chi connectivity index (χ0) is 22.5. The van der Waals surface area contributed by atoms with Gasteiger partial charge in [-0.05, 0) is 42.7 Å². The number of fused-ring (bicyclic) bond motifs is 1. The van der Waals surface area contributed by atoms with E-state index in [0.717, 1.165) is 22.6 Å². The van der Waals surface area contributed by atoms with Crippen LogP contribution in [0.1, 0.15) is 41.6 Å². The molecule has 0 bridgehead atoms. The van der Waals surface area contributed by atoms with Crippen molar-refractivity contribution in [2.75, 3.05) is 0 Å². The quantitative estimate of drug-likeness (QED) is 0.523. The highest BCUT2D eigenvalue weighted by Crippen LogP contribution is 2.46. The Hall–Kier alpha value is -4.38. The van der Waals surface area contributed by atoms with Crippen molar-refractivity contribution in [3.63, 3.8) is 0 Å². The van der Waals surface area contributed by atoms with Crippen molar-refractivity contribution in [3.05, 3.63) is 89.5 Å². The predicted octanol–water partition coefficient (Wildman–Crippen LogP) is 3.76. The molecule has 0 saturated heterocycles. The molecule has 1 aliphatic carbocycles. The third-order valence-corrected chi connectivity index (χ3v) is 6.22. The van der Waals surface area contributed by atoms with Crippen LogP contribution in [0.25, 0.3) is 17.1 Å². The molecule has 0 radical (unpaired) electrons. The number of hydrogen-bond donors (Lipinski definition) is 1. The summed E-state index contributed by atoms with van der Waals surface area (Å²) in [7, 11) is 1.80. The Bertz CT molecular complexity index is 1420. The van der Waals surface area contributed by atoms with E-state index >= 15 is 0 Å². The lowest BCUT2D eigenvalue weighted by atomic mass is 9.83. The Morgan fingerprint density at radius 1 is 1.09 bits per heavy atom. The van der Waals surface area contributed by atoms with Crippen LogP contribution in [0.4, 0.5) is 0 Å². The molecule has 6 rings (SSSR count). The number of nitrogens with zero attached hydrogens (tertiary/aromatic N) is 6. The molecular formula is C25H21N7O. The minimum absolute atomic E-state index is 0.0975. The van der Waals surface area contributed by atoms with E-state index in [0.29, 0.717) is 28.8 Å².